The van der Waals surface area contributed by atoms with Gasteiger partial charge in [0.15, 0.2) is 0 Å². The minimum absolute atomic E-state index is 0. The monoisotopic (exact) mass is 305 g/mol. The molecule has 20 heavy (non-hydrogen) atoms. The summed E-state index contributed by atoms with van der Waals surface area (Å²) in [6.45, 7) is 1.11. The highest BCUT2D eigenvalue weighted by atomic mass is 35.5. The van der Waals surface area contributed by atoms with Gasteiger partial charge in [0, 0.05) is 0 Å². The number of aliphatic hydroxyl groups is 1. The van der Waals surface area contributed by atoms with Crippen LogP contribution in [-0.4, -0.2) is 66.0 Å². The molecule has 0 saturated carbocycles. The van der Waals surface area contributed by atoms with E-state index in [1.807, 2.05) is 0 Å². The van der Waals surface area contributed by atoms with E-state index in [-0.39, 0.29) is 30.1 Å². The molecule has 0 aliphatic heterocycles. The zero-order valence-electron chi connectivity index (χ0n) is 11.7. The largest absolute Gasteiger partial charge is 1.00 e. The first-order valence-electron chi connectivity index (χ1n) is 5.65. The van der Waals surface area contributed by atoms with Gasteiger partial charge in [-0.25, -0.2) is 9.59 Å². The van der Waals surface area contributed by atoms with Gasteiger partial charge < -0.3 is 32.2 Å². The lowest BCUT2D eigenvalue weighted by Crippen LogP contribution is -3.00. The minimum atomic E-state index is -1.06. The first-order chi connectivity index (χ1) is 8.67. The Hall–Kier alpha value is -1.63. The van der Waals surface area contributed by atoms with Crippen molar-refractivity contribution in [2.75, 3.05) is 34.3 Å². The summed E-state index contributed by atoms with van der Waals surface area (Å²) in [6, 6.07) is 5.02. The highest BCUT2D eigenvalue weighted by molar-refractivity contribution is 5.91. The summed E-state index contributed by atoms with van der Waals surface area (Å²) in [7, 11) is 6.16. The first-order valence-corrected chi connectivity index (χ1v) is 5.65. The molecule has 1 aromatic carbocycles. The van der Waals surface area contributed by atoms with E-state index in [1.165, 1.54) is 24.3 Å². The van der Waals surface area contributed by atoms with Crippen LogP contribution in [0.1, 0.15) is 20.7 Å². The third-order valence-corrected chi connectivity index (χ3v) is 2.15. The van der Waals surface area contributed by atoms with Crippen LogP contribution in [0.25, 0.3) is 0 Å². The molecule has 0 heterocycles. The normalized spacial score (nSPS) is 9.80. The number of nitrogens with zero attached hydrogens (tertiary/aromatic N) is 1. The standard InChI is InChI=1S/C8H6O4.C5H14NO.ClH/c9-7(10)5-1-2-6(4-3-5)8(11)12;1-6(2,3)4-5-7;/h1-4H,(H,9,10)(H,11,12);7H,4-5H2,1-3H3;1H/q;+1;/p-1. The van der Waals surface area contributed by atoms with Crippen LogP contribution in [0, 0.1) is 0 Å². The number of halogens is 1. The Morgan fingerprint density at radius 3 is 1.35 bits per heavy atom. The Balaban J connectivity index is 0. The molecule has 0 aromatic heterocycles. The number of aromatic carboxylic acids is 2. The summed E-state index contributed by atoms with van der Waals surface area (Å²) in [6.07, 6.45) is 0. The van der Waals surface area contributed by atoms with Crippen molar-refractivity contribution in [2.24, 2.45) is 0 Å². The van der Waals surface area contributed by atoms with E-state index in [1.54, 1.807) is 0 Å². The second-order valence-electron chi connectivity index (χ2n) is 4.93. The summed E-state index contributed by atoms with van der Waals surface area (Å²) in [4.78, 5) is 20.7. The molecule has 0 spiro atoms. The lowest BCUT2D eigenvalue weighted by molar-refractivity contribution is -0.870. The number of quaternary nitrogens is 1. The Labute approximate surface area is 124 Å². The van der Waals surface area contributed by atoms with E-state index in [9.17, 15) is 9.59 Å². The number of carboxylic acids is 2. The molecule has 7 heteroatoms. The lowest BCUT2D eigenvalue weighted by Gasteiger charge is -2.21. The topological polar surface area (TPSA) is 94.8 Å². The van der Waals surface area contributed by atoms with Crippen molar-refractivity contribution >= 4 is 11.9 Å². The van der Waals surface area contributed by atoms with E-state index in [0.717, 1.165) is 11.0 Å². The predicted molar refractivity (Wildman–Crippen MR) is 70.3 cm³/mol. The molecular formula is C13H20ClNO5. The van der Waals surface area contributed by atoms with Crippen molar-refractivity contribution in [3.05, 3.63) is 35.4 Å². The van der Waals surface area contributed by atoms with Crippen molar-refractivity contribution in [1.82, 2.24) is 0 Å². The maximum Gasteiger partial charge on any atom is 0.335 e. The van der Waals surface area contributed by atoms with Crippen LogP contribution >= 0.6 is 0 Å². The average Bonchev–Trinajstić information content (AvgIpc) is 2.28. The van der Waals surface area contributed by atoms with Crippen LogP contribution < -0.4 is 12.4 Å². The molecule has 0 amide bonds. The number of aliphatic hydroxyl groups excluding tert-OH is 1. The third kappa shape index (κ3) is 9.32. The van der Waals surface area contributed by atoms with Crippen LogP contribution in [0.15, 0.2) is 24.3 Å². The number of hydrogen-bond donors (Lipinski definition) is 3. The van der Waals surface area contributed by atoms with Crippen molar-refractivity contribution in [2.45, 2.75) is 0 Å². The molecule has 1 rings (SSSR count). The molecule has 0 atom stereocenters. The number of rotatable bonds is 4. The van der Waals surface area contributed by atoms with E-state index >= 15 is 0 Å². The maximum atomic E-state index is 10.3. The summed E-state index contributed by atoms with van der Waals surface area (Å²) < 4.78 is 0.844. The van der Waals surface area contributed by atoms with Gasteiger partial charge in [-0.05, 0) is 24.3 Å². The zero-order chi connectivity index (χ0) is 15.1. The summed E-state index contributed by atoms with van der Waals surface area (Å²) in [5, 5.41) is 25.3. The second-order valence-corrected chi connectivity index (χ2v) is 4.93. The zero-order valence-corrected chi connectivity index (χ0v) is 12.5. The fourth-order valence-corrected chi connectivity index (χ4v) is 1.06. The molecule has 114 valence electrons. The van der Waals surface area contributed by atoms with Gasteiger partial charge in [0.25, 0.3) is 0 Å². The number of likely N-dealkylation sites (N-methyl/N-ethyl adjacent to an activating group) is 1. The number of carboxylic acid groups (broad SMARTS) is 2. The highest BCUT2D eigenvalue weighted by Crippen LogP contribution is 2.03. The van der Waals surface area contributed by atoms with E-state index in [2.05, 4.69) is 21.1 Å². The SMILES string of the molecule is C[N+](C)(C)CCO.O=C(O)c1ccc(C(=O)O)cc1.[Cl-]. The van der Waals surface area contributed by atoms with Gasteiger partial charge in [0.2, 0.25) is 0 Å². The van der Waals surface area contributed by atoms with Crippen molar-refractivity contribution in [1.29, 1.82) is 0 Å². The predicted octanol–water partition coefficient (Wildman–Crippen LogP) is -2.23. The van der Waals surface area contributed by atoms with E-state index in [4.69, 9.17) is 15.3 Å². The molecule has 0 unspecified atom stereocenters. The molecule has 0 fully saturated rings. The summed E-state index contributed by atoms with van der Waals surface area (Å²) in [5.41, 5.74) is 0.167. The average molecular weight is 306 g/mol. The van der Waals surface area contributed by atoms with Crippen LogP contribution in [-0.2, 0) is 0 Å². The Morgan fingerprint density at radius 2 is 1.25 bits per heavy atom. The summed E-state index contributed by atoms with van der Waals surface area (Å²) >= 11 is 0. The van der Waals surface area contributed by atoms with E-state index < -0.39 is 11.9 Å². The fourth-order valence-electron chi connectivity index (χ4n) is 1.06. The molecule has 3 N–H and O–H groups in total. The maximum absolute atomic E-state index is 10.3. The summed E-state index contributed by atoms with van der Waals surface area (Å²) in [5.74, 6) is -2.13. The van der Waals surface area contributed by atoms with Crippen molar-refractivity contribution in [3.63, 3.8) is 0 Å². The quantitative estimate of drug-likeness (QED) is 0.548. The smallest absolute Gasteiger partial charge is 0.335 e. The molecule has 0 saturated heterocycles. The molecule has 0 aliphatic carbocycles. The molecule has 0 aliphatic rings. The molecular weight excluding hydrogens is 286 g/mol. The fraction of sp³-hybridized carbons (Fsp3) is 0.385. The first kappa shape index (κ1) is 20.7. The van der Waals surface area contributed by atoms with Gasteiger partial charge in [-0.3, -0.25) is 0 Å². The number of carbonyl (C=O) groups is 2. The van der Waals surface area contributed by atoms with Crippen LogP contribution in [0.3, 0.4) is 0 Å². The molecule has 0 bridgehead atoms. The van der Waals surface area contributed by atoms with Crippen LogP contribution in [0.4, 0.5) is 0 Å². The van der Waals surface area contributed by atoms with Gasteiger partial charge in [-0.1, -0.05) is 0 Å². The molecule has 1 aromatic rings. The van der Waals surface area contributed by atoms with Crippen LogP contribution in [0.5, 0.6) is 0 Å². The number of benzene rings is 1. The van der Waals surface area contributed by atoms with Gasteiger partial charge >= 0.3 is 11.9 Å². The lowest BCUT2D eigenvalue weighted by atomic mass is 10.1. The highest BCUT2D eigenvalue weighted by Gasteiger charge is 2.04. The second kappa shape index (κ2) is 9.30. The minimum Gasteiger partial charge on any atom is -1.00 e. The van der Waals surface area contributed by atoms with Crippen molar-refractivity contribution in [3.8, 4) is 0 Å². The van der Waals surface area contributed by atoms with Crippen molar-refractivity contribution < 1.29 is 41.8 Å². The van der Waals surface area contributed by atoms with Gasteiger partial charge in [0.05, 0.1) is 38.9 Å². The van der Waals surface area contributed by atoms with E-state index in [0.29, 0.717) is 0 Å². The Bertz CT molecular complexity index is 392. The van der Waals surface area contributed by atoms with Gasteiger partial charge in [-0.15, -0.1) is 0 Å². The molecule has 0 radical (unpaired) electrons. The Kier molecular flexibility index (Phi) is 9.62. The van der Waals surface area contributed by atoms with Crippen LogP contribution in [0.2, 0.25) is 0 Å². The molecule has 6 nitrogen and oxygen atoms in total. The van der Waals surface area contributed by atoms with Gasteiger partial charge in [-0.2, -0.15) is 0 Å². The number of hydrogen-bond acceptors (Lipinski definition) is 3. The van der Waals surface area contributed by atoms with Gasteiger partial charge in [0.1, 0.15) is 6.54 Å². The Morgan fingerprint density at radius 1 is 0.950 bits per heavy atom. The third-order valence-electron chi connectivity index (χ3n) is 2.15.